The van der Waals surface area contributed by atoms with Crippen LogP contribution in [-0.2, 0) is 6.18 Å². The number of alkyl halides is 3. The number of pyridine rings is 2. The number of benzene rings is 8. The Bertz CT molecular complexity index is 3810. The van der Waals surface area contributed by atoms with Crippen molar-refractivity contribution < 1.29 is 13.2 Å². The number of nitriles is 1. The summed E-state index contributed by atoms with van der Waals surface area (Å²) in [7, 11) is 0. The molecule has 0 unspecified atom stereocenters. The lowest BCUT2D eigenvalue weighted by Gasteiger charge is -2.21. The Hall–Kier alpha value is -9.06. The number of aromatic nitrogens is 4. The van der Waals surface area contributed by atoms with E-state index in [9.17, 15) is 5.26 Å². The summed E-state index contributed by atoms with van der Waals surface area (Å²) < 4.78 is 49.6. The van der Waals surface area contributed by atoms with Crippen molar-refractivity contribution in [3.05, 3.63) is 229 Å². The predicted octanol–water partition coefficient (Wildman–Crippen LogP) is 16.2. The van der Waals surface area contributed by atoms with Crippen molar-refractivity contribution in [1.29, 1.82) is 5.26 Å². The Morgan fingerprint density at radius 3 is 1.35 bits per heavy atom. The van der Waals surface area contributed by atoms with Crippen molar-refractivity contribution >= 4 is 43.6 Å². The molecule has 4 aromatic heterocycles. The van der Waals surface area contributed by atoms with E-state index >= 15 is 13.2 Å². The van der Waals surface area contributed by atoms with Gasteiger partial charge in [0.25, 0.3) is 0 Å². The second-order valence-corrected chi connectivity index (χ2v) is 17.3. The first kappa shape index (κ1) is 41.4. The number of fused-ring (bicyclic) bond motifs is 6. The minimum Gasteiger partial charge on any atom is -0.308 e. The minimum atomic E-state index is -4.65. The van der Waals surface area contributed by atoms with Crippen LogP contribution in [0.4, 0.5) is 13.2 Å². The molecule has 8 heteroatoms. The van der Waals surface area contributed by atoms with Crippen LogP contribution in [0.15, 0.2) is 213 Å². The number of para-hydroxylation sites is 2. The standard InChI is InChI=1S/C61H38F3N5/c1-38-13-12-20-51(61(62,63)64)60(38)45-35-58(68-54-21-10-8-18-46(54)48-31-41(23-25-56(48)68)43-27-29-66-52(33-43)39-14-4-2-5-15-39)50(37-65)59(36-45)69-55-22-11-9-19-47(55)49-32-42(24-26-57(49)69)44-28-30-67-53(34-44)40-16-6-3-7-17-40/h2-36H,1H3. The van der Waals surface area contributed by atoms with Crippen LogP contribution < -0.4 is 0 Å². The quantitative estimate of drug-likeness (QED) is 0.160. The second kappa shape index (κ2) is 16.4. The number of hydrogen-bond acceptors (Lipinski definition) is 3. The summed E-state index contributed by atoms with van der Waals surface area (Å²) in [6.45, 7) is 1.71. The van der Waals surface area contributed by atoms with E-state index in [0.29, 0.717) is 28.1 Å². The van der Waals surface area contributed by atoms with E-state index in [4.69, 9.17) is 0 Å². The van der Waals surface area contributed by atoms with Gasteiger partial charge in [-0.25, -0.2) is 0 Å². The smallest absolute Gasteiger partial charge is 0.308 e. The van der Waals surface area contributed by atoms with Gasteiger partial charge in [0.2, 0.25) is 0 Å². The molecule has 0 bridgehead atoms. The van der Waals surface area contributed by atoms with Gasteiger partial charge >= 0.3 is 6.18 Å². The molecule has 0 saturated heterocycles. The highest BCUT2D eigenvalue weighted by Crippen LogP contribution is 2.45. The normalized spacial score (nSPS) is 11.8. The van der Waals surface area contributed by atoms with E-state index in [1.807, 2.05) is 143 Å². The Labute approximate surface area is 395 Å². The van der Waals surface area contributed by atoms with E-state index in [2.05, 4.69) is 64.6 Å². The summed E-state index contributed by atoms with van der Waals surface area (Å²) >= 11 is 0. The van der Waals surface area contributed by atoms with Crippen LogP contribution in [0, 0.1) is 18.3 Å². The van der Waals surface area contributed by atoms with Gasteiger partial charge in [-0.05, 0) is 125 Å². The van der Waals surface area contributed by atoms with E-state index in [1.165, 1.54) is 6.07 Å². The van der Waals surface area contributed by atoms with Gasteiger partial charge in [0.1, 0.15) is 11.6 Å². The summed E-state index contributed by atoms with van der Waals surface area (Å²) in [6, 6.07) is 67.0. The molecule has 69 heavy (non-hydrogen) atoms. The lowest BCUT2D eigenvalue weighted by atomic mass is 9.92. The molecule has 0 aliphatic heterocycles. The highest BCUT2D eigenvalue weighted by molar-refractivity contribution is 6.12. The Morgan fingerprint density at radius 2 is 0.870 bits per heavy atom. The highest BCUT2D eigenvalue weighted by Gasteiger charge is 2.35. The maximum Gasteiger partial charge on any atom is 0.417 e. The number of halogens is 3. The summed E-state index contributed by atoms with van der Waals surface area (Å²) in [6.07, 6.45) is -1.02. The zero-order valence-corrected chi connectivity index (χ0v) is 37.1. The van der Waals surface area contributed by atoms with E-state index in [-0.39, 0.29) is 5.56 Å². The van der Waals surface area contributed by atoms with Crippen molar-refractivity contribution in [3.8, 4) is 73.3 Å². The third-order valence-electron chi connectivity index (χ3n) is 13.2. The summed E-state index contributed by atoms with van der Waals surface area (Å²) in [5.74, 6) is 0. The van der Waals surface area contributed by atoms with Crippen LogP contribution >= 0.6 is 0 Å². The fraction of sp³-hybridized carbons (Fsp3) is 0.0328. The second-order valence-electron chi connectivity index (χ2n) is 17.3. The fourth-order valence-electron chi connectivity index (χ4n) is 10.1. The van der Waals surface area contributed by atoms with E-state index in [0.717, 1.165) is 94.4 Å². The van der Waals surface area contributed by atoms with Gasteiger partial charge in [0, 0.05) is 45.1 Å². The average Bonchev–Trinajstić information content (AvgIpc) is 3.90. The van der Waals surface area contributed by atoms with Crippen LogP contribution in [0.5, 0.6) is 0 Å². The Kier molecular flexibility index (Phi) is 9.82. The van der Waals surface area contributed by atoms with Crippen LogP contribution in [0.3, 0.4) is 0 Å². The summed E-state index contributed by atoms with van der Waals surface area (Å²) in [5, 5.41) is 15.3. The minimum absolute atomic E-state index is 0.0573. The molecule has 4 heterocycles. The first-order chi connectivity index (χ1) is 33.7. The molecule has 0 spiro atoms. The van der Waals surface area contributed by atoms with Crippen molar-refractivity contribution in [2.75, 3.05) is 0 Å². The van der Waals surface area contributed by atoms with Gasteiger partial charge in [-0.3, -0.25) is 9.97 Å². The van der Waals surface area contributed by atoms with Crippen LogP contribution in [0.1, 0.15) is 16.7 Å². The fourth-order valence-corrected chi connectivity index (χ4v) is 10.1. The topological polar surface area (TPSA) is 59.4 Å². The number of nitrogens with zero attached hydrogens (tertiary/aromatic N) is 5. The predicted molar refractivity (Wildman–Crippen MR) is 272 cm³/mol. The van der Waals surface area contributed by atoms with Gasteiger partial charge in [0.15, 0.2) is 0 Å². The monoisotopic (exact) mass is 897 g/mol. The lowest BCUT2D eigenvalue weighted by Crippen LogP contribution is -2.10. The molecule has 12 rings (SSSR count). The van der Waals surface area contributed by atoms with Crippen molar-refractivity contribution in [1.82, 2.24) is 19.1 Å². The Balaban J connectivity index is 1.12. The maximum atomic E-state index is 15.2. The molecule has 5 nitrogen and oxygen atoms in total. The van der Waals surface area contributed by atoms with Crippen molar-refractivity contribution in [3.63, 3.8) is 0 Å². The molecule has 0 aliphatic carbocycles. The molecule has 0 fully saturated rings. The van der Waals surface area contributed by atoms with Crippen LogP contribution in [0.2, 0.25) is 0 Å². The highest BCUT2D eigenvalue weighted by atomic mass is 19.4. The third kappa shape index (κ3) is 7.02. The maximum absolute atomic E-state index is 15.2. The molecule has 0 saturated carbocycles. The molecule has 0 N–H and O–H groups in total. The van der Waals surface area contributed by atoms with Gasteiger partial charge in [-0.2, -0.15) is 18.4 Å². The van der Waals surface area contributed by atoms with Crippen molar-refractivity contribution in [2.24, 2.45) is 0 Å². The average molecular weight is 898 g/mol. The zero-order chi connectivity index (χ0) is 46.8. The largest absolute Gasteiger partial charge is 0.417 e. The van der Waals surface area contributed by atoms with Gasteiger partial charge < -0.3 is 9.13 Å². The zero-order valence-electron chi connectivity index (χ0n) is 37.1. The van der Waals surface area contributed by atoms with E-state index in [1.54, 1.807) is 25.1 Å². The molecule has 328 valence electrons. The summed E-state index contributed by atoms with van der Waals surface area (Å²) in [5.41, 5.74) is 12.2. The third-order valence-corrected chi connectivity index (χ3v) is 13.2. The van der Waals surface area contributed by atoms with Gasteiger partial charge in [0.05, 0.1) is 50.4 Å². The van der Waals surface area contributed by atoms with Crippen molar-refractivity contribution in [2.45, 2.75) is 13.1 Å². The summed E-state index contributed by atoms with van der Waals surface area (Å²) in [4.78, 5) is 9.32. The lowest BCUT2D eigenvalue weighted by molar-refractivity contribution is -0.137. The number of aryl methyl sites for hydroxylation is 1. The van der Waals surface area contributed by atoms with E-state index < -0.39 is 11.7 Å². The number of rotatable bonds is 7. The molecule has 12 aromatic rings. The first-order valence-corrected chi connectivity index (χ1v) is 22.6. The molecule has 0 radical (unpaired) electrons. The molecule has 8 aromatic carbocycles. The molecule has 0 aliphatic rings. The van der Waals surface area contributed by atoms with Gasteiger partial charge in [-0.15, -0.1) is 0 Å². The first-order valence-electron chi connectivity index (χ1n) is 22.6. The number of hydrogen-bond donors (Lipinski definition) is 0. The SMILES string of the molecule is Cc1cccc(C(F)(F)F)c1-c1cc(-n2c3ccccc3c3cc(-c4ccnc(-c5ccccc5)c4)ccc32)c(C#N)c(-n2c3ccccc3c3cc(-c4ccnc(-c5ccccc5)c4)ccc32)c1. The Morgan fingerprint density at radius 1 is 0.420 bits per heavy atom. The molecule has 0 atom stereocenters. The van der Waals surface area contributed by atoms with Crippen LogP contribution in [0.25, 0.3) is 111 Å². The molecular formula is C61H38F3N5. The van der Waals surface area contributed by atoms with Crippen LogP contribution in [-0.4, -0.2) is 19.1 Å². The van der Waals surface area contributed by atoms with Gasteiger partial charge in [-0.1, -0.05) is 121 Å². The molecular weight excluding hydrogens is 860 g/mol. The molecule has 0 amide bonds.